The van der Waals surface area contributed by atoms with E-state index in [1.54, 1.807) is 0 Å². The van der Waals surface area contributed by atoms with Gasteiger partial charge >= 0.3 is 5.97 Å². The Balaban J connectivity index is 1.98. The zero-order valence-electron chi connectivity index (χ0n) is 25.6. The topological polar surface area (TPSA) is 45.3 Å². The van der Waals surface area contributed by atoms with E-state index in [4.69, 9.17) is 25.3 Å². The lowest BCUT2D eigenvalue weighted by atomic mass is 10.0. The van der Waals surface area contributed by atoms with Crippen molar-refractivity contribution in [2.75, 3.05) is 6.98 Å². The van der Waals surface area contributed by atoms with Gasteiger partial charge in [0.25, 0.3) is 0 Å². The SMILES string of the molecule is [2H]c1ccc2c(C(=O)OC3([2H])C([2H])([2H])[C@]4([2H])N(C([2H])([2H])[2H])[C@]([2H])(C3([2H])[2H])C([2H])([2H])C4([2H])[2H])c[nH]c2c1. The van der Waals surface area contributed by atoms with Gasteiger partial charge in [-0.25, -0.2) is 4.79 Å². The molecule has 2 fully saturated rings. The first-order valence-electron chi connectivity index (χ1n) is 13.6. The molecule has 3 heterocycles. The van der Waals surface area contributed by atoms with Crippen LogP contribution in [-0.2, 0) is 4.74 Å². The average molecular weight is 299 g/mol. The standard InChI is InChI=1S/C17H20N2O2/c1-19-11-6-7-12(19)9-13(8-11)21-17(20)15-10-18-16-5-3-2-4-14(15)16/h2-5,10-13,18H,6-9H2,1H3/t11-,12+,13?/i1D3,3D,6D2,7D2,8D2,9D2,11D,12D,13D. The number of H-pyrrole nitrogens is 1. The molecule has 0 amide bonds. The summed E-state index contributed by atoms with van der Waals surface area (Å²) in [7, 11) is 0. The molecule has 2 bridgehead atoms. The van der Waals surface area contributed by atoms with E-state index in [-0.39, 0.29) is 22.5 Å². The number of aromatic amines is 1. The fourth-order valence-corrected chi connectivity index (χ4v) is 2.14. The van der Waals surface area contributed by atoms with Crippen LogP contribution in [0, 0.1) is 0 Å². The summed E-state index contributed by atoms with van der Waals surface area (Å²) in [4.78, 5) is 15.3. The van der Waals surface area contributed by atoms with Crippen molar-refractivity contribution in [1.29, 1.82) is 0 Å². The number of rotatable bonds is 2. The molecule has 4 nitrogen and oxygen atoms in total. The molecule has 1 N–H and O–H groups in total. The Kier molecular flexibility index (Phi) is 1.07. The number of fused-ring (bicyclic) bond motifs is 3. The van der Waals surface area contributed by atoms with E-state index in [9.17, 15) is 4.79 Å². The number of nitrogens with zero attached hydrogens (tertiary/aromatic N) is 1. The van der Waals surface area contributed by atoms with Crippen LogP contribution < -0.4 is 0 Å². The number of aromatic nitrogens is 1. The van der Waals surface area contributed by atoms with Crippen LogP contribution in [0.3, 0.4) is 0 Å². The Bertz CT molecular complexity index is 1230. The number of piperidine rings is 1. The van der Waals surface area contributed by atoms with E-state index in [2.05, 4.69) is 4.98 Å². The lowest BCUT2D eigenvalue weighted by Crippen LogP contribution is -2.43. The highest BCUT2D eigenvalue weighted by atomic mass is 16.5. The largest absolute Gasteiger partial charge is 0.459 e. The van der Waals surface area contributed by atoms with E-state index in [0.717, 1.165) is 6.20 Å². The lowest BCUT2D eigenvalue weighted by molar-refractivity contribution is -0.000258. The Morgan fingerprint density at radius 2 is 2.33 bits per heavy atom. The van der Waals surface area contributed by atoms with Crippen molar-refractivity contribution in [3.05, 3.63) is 36.0 Å². The fourth-order valence-electron chi connectivity index (χ4n) is 2.14. The molecule has 0 spiro atoms. The Morgan fingerprint density at radius 1 is 1.52 bits per heavy atom. The molecule has 1 unspecified atom stereocenters. The Morgan fingerprint density at radius 3 is 3.10 bits per heavy atom. The second kappa shape index (κ2) is 4.88. The van der Waals surface area contributed by atoms with Crippen molar-refractivity contribution in [2.24, 2.45) is 0 Å². The predicted molar refractivity (Wildman–Crippen MR) is 81.3 cm³/mol. The molecule has 2 saturated heterocycles. The van der Waals surface area contributed by atoms with Gasteiger partial charge in [-0.1, -0.05) is 18.2 Å². The molecule has 3 atom stereocenters. The molecule has 0 radical (unpaired) electrons. The quantitative estimate of drug-likeness (QED) is 0.867. The van der Waals surface area contributed by atoms with Crippen molar-refractivity contribution < 1.29 is 30.1 Å². The molecule has 2 aliphatic heterocycles. The fraction of sp³-hybridized carbons (Fsp3) is 0.471. The van der Waals surface area contributed by atoms with Gasteiger partial charge in [0.1, 0.15) is 6.08 Å². The summed E-state index contributed by atoms with van der Waals surface area (Å²) in [6, 6.07) is -3.83. The molecular weight excluding hydrogens is 264 g/mol. The summed E-state index contributed by atoms with van der Waals surface area (Å²) < 4.78 is 129. The van der Waals surface area contributed by atoms with Gasteiger partial charge in [0.15, 0.2) is 0 Å². The predicted octanol–water partition coefficient (Wildman–Crippen LogP) is 2.95. The summed E-state index contributed by atoms with van der Waals surface area (Å²) in [6.45, 7) is -3.77. The molecule has 2 aliphatic rings. The molecule has 110 valence electrons. The van der Waals surface area contributed by atoms with Gasteiger partial charge in [-0.15, -0.1) is 0 Å². The van der Waals surface area contributed by atoms with Crippen LogP contribution in [0.15, 0.2) is 30.4 Å². The highest BCUT2D eigenvalue weighted by Gasteiger charge is 2.40. The van der Waals surface area contributed by atoms with E-state index >= 15 is 0 Å². The van der Waals surface area contributed by atoms with Crippen LogP contribution in [0.4, 0.5) is 0 Å². The van der Waals surface area contributed by atoms with Crippen molar-refractivity contribution in [2.45, 2.75) is 43.6 Å². The summed E-state index contributed by atoms with van der Waals surface area (Å²) in [6.07, 6.45) is -18.8. The van der Waals surface area contributed by atoms with Gasteiger partial charge in [0.2, 0.25) is 0 Å². The van der Waals surface area contributed by atoms with E-state index in [1.165, 1.54) is 18.2 Å². The zero-order chi connectivity index (χ0) is 27.7. The van der Waals surface area contributed by atoms with E-state index < -0.39 is 61.5 Å². The Labute approximate surface area is 145 Å². The molecule has 4 rings (SSSR count). The van der Waals surface area contributed by atoms with Crippen molar-refractivity contribution in [3.63, 3.8) is 0 Å². The van der Waals surface area contributed by atoms with Gasteiger partial charge in [-0.3, -0.25) is 0 Å². The number of para-hydroxylation sites is 1. The summed E-state index contributed by atoms with van der Waals surface area (Å²) in [5.41, 5.74) is -0.0868. The number of ether oxygens (including phenoxy) is 1. The van der Waals surface area contributed by atoms with Crippen molar-refractivity contribution >= 4 is 16.9 Å². The van der Waals surface area contributed by atoms with Crippen LogP contribution in [-0.4, -0.2) is 40.9 Å². The second-order valence-electron chi connectivity index (χ2n) is 4.43. The molecule has 2 aromatic rings. The first-order chi connectivity index (χ1) is 16.0. The summed E-state index contributed by atoms with van der Waals surface area (Å²) in [5, 5.41) is 0.135. The maximum Gasteiger partial charge on any atom is 0.340 e. The monoisotopic (exact) mass is 299 g/mol. The van der Waals surface area contributed by atoms with Crippen molar-refractivity contribution in [3.8, 4) is 0 Å². The first-order valence-corrected chi connectivity index (χ1v) is 6.10. The average Bonchev–Trinajstić information content (AvgIpc) is 3.17. The Hall–Kier alpha value is -1.81. The minimum absolute atomic E-state index is 0.0688. The van der Waals surface area contributed by atoms with Gasteiger partial charge in [-0.05, 0) is 25.8 Å². The second-order valence-corrected chi connectivity index (χ2v) is 4.43. The van der Waals surface area contributed by atoms with Gasteiger partial charge in [-0.2, -0.15) is 0 Å². The molecular formula is C17H20N2O2. The van der Waals surface area contributed by atoms with Crippen molar-refractivity contribution in [1.82, 2.24) is 9.88 Å². The minimum atomic E-state index is -4.05. The number of hydrogen-bond acceptors (Lipinski definition) is 3. The third kappa shape index (κ3) is 2.14. The molecule has 0 saturated carbocycles. The number of benzene rings is 1. The zero-order valence-corrected chi connectivity index (χ0v) is 10.6. The van der Waals surface area contributed by atoms with Crippen LogP contribution in [0.5, 0.6) is 0 Å². The molecule has 1 aromatic heterocycles. The van der Waals surface area contributed by atoms with Gasteiger partial charge in [0, 0.05) is 59.7 Å². The smallest absolute Gasteiger partial charge is 0.340 e. The van der Waals surface area contributed by atoms with Gasteiger partial charge in [0.05, 0.1) is 8.30 Å². The van der Waals surface area contributed by atoms with E-state index in [0.29, 0.717) is 0 Å². The minimum Gasteiger partial charge on any atom is -0.459 e. The molecule has 4 heteroatoms. The van der Waals surface area contributed by atoms with Crippen LogP contribution in [0.1, 0.15) is 56.4 Å². The van der Waals surface area contributed by atoms with Crippen LogP contribution >= 0.6 is 0 Å². The number of nitrogens with one attached hydrogen (secondary N) is 1. The number of hydrogen-bond donors (Lipinski definition) is 1. The third-order valence-electron chi connectivity index (χ3n) is 3.15. The number of carbonyl (C=O) groups excluding carboxylic acids is 1. The summed E-state index contributed by atoms with van der Waals surface area (Å²) >= 11 is 0. The van der Waals surface area contributed by atoms with Crippen LogP contribution in [0.2, 0.25) is 0 Å². The number of esters is 1. The third-order valence-corrected chi connectivity index (χ3v) is 3.15. The maximum atomic E-state index is 13.1. The maximum absolute atomic E-state index is 13.1. The number of carbonyl (C=O) groups is 1. The highest BCUT2D eigenvalue weighted by Crippen LogP contribution is 2.35. The van der Waals surface area contributed by atoms with Gasteiger partial charge < -0.3 is 14.6 Å². The first kappa shape index (κ1) is 4.59. The van der Waals surface area contributed by atoms with E-state index in [1.807, 2.05) is 0 Å². The lowest BCUT2D eigenvalue weighted by Gasteiger charge is -2.35. The molecule has 0 aliphatic carbocycles. The molecule has 1 aromatic carbocycles. The summed E-state index contributed by atoms with van der Waals surface area (Å²) in [5.74, 6) is -1.53. The highest BCUT2D eigenvalue weighted by molar-refractivity contribution is 6.04. The van der Waals surface area contributed by atoms with Crippen LogP contribution in [0.25, 0.3) is 10.9 Å². The molecule has 21 heavy (non-hydrogen) atoms. The normalized spacial score (nSPS) is 60.1.